The second kappa shape index (κ2) is 3.82. The van der Waals surface area contributed by atoms with Gasteiger partial charge in [-0.15, -0.1) is 0 Å². The second-order valence-electron chi connectivity index (χ2n) is 3.38. The van der Waals surface area contributed by atoms with Crippen LogP contribution in [0.4, 0.5) is 0 Å². The minimum Gasteiger partial charge on any atom is -0.328 e. The summed E-state index contributed by atoms with van der Waals surface area (Å²) < 4.78 is 0. The summed E-state index contributed by atoms with van der Waals surface area (Å²) in [6, 6.07) is 7.90. The highest BCUT2D eigenvalue weighted by Crippen LogP contribution is 2.09. The normalized spacial score (nSPS) is 17.8. The molecule has 1 aromatic rings. The van der Waals surface area contributed by atoms with Gasteiger partial charge in [0, 0.05) is 0 Å². The zero-order chi connectivity index (χ0) is 10.8. The minimum absolute atomic E-state index is 0.179. The average molecular weight is 218 g/mol. The van der Waals surface area contributed by atoms with Crippen molar-refractivity contribution >= 4 is 29.3 Å². The lowest BCUT2D eigenvalue weighted by atomic mass is 10.1. The van der Waals surface area contributed by atoms with Crippen LogP contribution in [0.5, 0.6) is 0 Å². The Labute approximate surface area is 93.2 Å². The molecule has 1 heterocycles. The molecular formula is C11H10N2OS. The van der Waals surface area contributed by atoms with Crippen LogP contribution in [0.3, 0.4) is 0 Å². The van der Waals surface area contributed by atoms with E-state index in [-0.39, 0.29) is 5.91 Å². The molecule has 0 unspecified atom stereocenters. The molecule has 0 radical (unpaired) electrons. The van der Waals surface area contributed by atoms with Gasteiger partial charge in [0.2, 0.25) is 0 Å². The minimum atomic E-state index is -0.179. The van der Waals surface area contributed by atoms with Gasteiger partial charge in [0.15, 0.2) is 5.11 Å². The van der Waals surface area contributed by atoms with Crippen molar-refractivity contribution < 1.29 is 4.79 Å². The molecule has 15 heavy (non-hydrogen) atoms. The predicted molar refractivity (Wildman–Crippen MR) is 63.0 cm³/mol. The molecule has 0 aliphatic carbocycles. The van der Waals surface area contributed by atoms with Crippen molar-refractivity contribution in [2.45, 2.75) is 6.92 Å². The fourth-order valence-corrected chi connectivity index (χ4v) is 1.61. The fourth-order valence-electron chi connectivity index (χ4n) is 1.41. The Morgan fingerprint density at radius 2 is 2.13 bits per heavy atom. The van der Waals surface area contributed by atoms with Gasteiger partial charge in [0.1, 0.15) is 5.70 Å². The van der Waals surface area contributed by atoms with E-state index in [4.69, 9.17) is 12.2 Å². The molecule has 2 rings (SSSR count). The van der Waals surface area contributed by atoms with E-state index in [0.29, 0.717) is 10.8 Å². The zero-order valence-corrected chi connectivity index (χ0v) is 9.02. The van der Waals surface area contributed by atoms with E-state index in [1.54, 1.807) is 6.08 Å². The number of nitrogens with one attached hydrogen (secondary N) is 2. The lowest BCUT2D eigenvalue weighted by Crippen LogP contribution is -2.21. The van der Waals surface area contributed by atoms with Crippen LogP contribution >= 0.6 is 12.2 Å². The van der Waals surface area contributed by atoms with Gasteiger partial charge < -0.3 is 5.32 Å². The standard InChI is InChI=1S/C11H10N2OS/c1-7-3-2-4-8(5-7)6-9-10(14)13-11(15)12-9/h2-6H,1H3,(H2,12,13,14,15)/b9-6+. The molecule has 0 saturated carbocycles. The molecule has 4 heteroatoms. The lowest BCUT2D eigenvalue weighted by Gasteiger charge is -1.97. The van der Waals surface area contributed by atoms with Crippen molar-refractivity contribution in [1.29, 1.82) is 0 Å². The van der Waals surface area contributed by atoms with Gasteiger partial charge in [-0.3, -0.25) is 10.1 Å². The largest absolute Gasteiger partial charge is 0.328 e. The van der Waals surface area contributed by atoms with Crippen LogP contribution < -0.4 is 10.6 Å². The molecule has 0 spiro atoms. The number of thiocarbonyl (C=S) groups is 1. The molecule has 0 aromatic heterocycles. The highest BCUT2D eigenvalue weighted by molar-refractivity contribution is 7.80. The van der Waals surface area contributed by atoms with Crippen LogP contribution in [-0.4, -0.2) is 11.0 Å². The van der Waals surface area contributed by atoms with E-state index in [0.717, 1.165) is 11.1 Å². The van der Waals surface area contributed by atoms with E-state index in [1.807, 2.05) is 31.2 Å². The summed E-state index contributed by atoms with van der Waals surface area (Å²) in [7, 11) is 0. The van der Waals surface area contributed by atoms with Crippen molar-refractivity contribution in [3.63, 3.8) is 0 Å². The lowest BCUT2D eigenvalue weighted by molar-refractivity contribution is -0.115. The molecule has 1 aromatic carbocycles. The van der Waals surface area contributed by atoms with E-state index in [2.05, 4.69) is 10.6 Å². The maximum atomic E-state index is 11.3. The molecule has 1 aliphatic rings. The fraction of sp³-hybridized carbons (Fsp3) is 0.0909. The number of benzene rings is 1. The third-order valence-corrected chi connectivity index (χ3v) is 2.28. The summed E-state index contributed by atoms with van der Waals surface area (Å²) >= 11 is 4.83. The van der Waals surface area contributed by atoms with Crippen LogP contribution in [0.1, 0.15) is 11.1 Å². The van der Waals surface area contributed by atoms with Gasteiger partial charge in [-0.1, -0.05) is 29.8 Å². The predicted octanol–water partition coefficient (Wildman–Crippen LogP) is 1.34. The zero-order valence-electron chi connectivity index (χ0n) is 8.20. The van der Waals surface area contributed by atoms with E-state index >= 15 is 0 Å². The molecule has 1 aliphatic heterocycles. The molecule has 0 atom stereocenters. The summed E-state index contributed by atoms with van der Waals surface area (Å²) in [6.45, 7) is 2.01. The van der Waals surface area contributed by atoms with Gasteiger partial charge >= 0.3 is 0 Å². The van der Waals surface area contributed by atoms with Crippen molar-refractivity contribution in [2.75, 3.05) is 0 Å². The summed E-state index contributed by atoms with van der Waals surface area (Å²) in [6.07, 6.45) is 1.78. The highest BCUT2D eigenvalue weighted by atomic mass is 32.1. The van der Waals surface area contributed by atoms with E-state index in [9.17, 15) is 4.79 Å². The Morgan fingerprint density at radius 3 is 2.73 bits per heavy atom. The maximum absolute atomic E-state index is 11.3. The van der Waals surface area contributed by atoms with Crippen molar-refractivity contribution in [1.82, 2.24) is 10.6 Å². The van der Waals surface area contributed by atoms with Crippen molar-refractivity contribution in [3.8, 4) is 0 Å². The summed E-state index contributed by atoms with van der Waals surface area (Å²) in [5, 5.41) is 5.68. The van der Waals surface area contributed by atoms with E-state index < -0.39 is 0 Å². The molecule has 2 N–H and O–H groups in total. The van der Waals surface area contributed by atoms with Crippen LogP contribution in [-0.2, 0) is 4.79 Å². The van der Waals surface area contributed by atoms with Crippen molar-refractivity contribution in [3.05, 3.63) is 41.1 Å². The Morgan fingerprint density at radius 1 is 1.33 bits per heavy atom. The first kappa shape index (κ1) is 9.86. The van der Waals surface area contributed by atoms with Gasteiger partial charge in [-0.05, 0) is 30.8 Å². The van der Waals surface area contributed by atoms with Gasteiger partial charge in [0.25, 0.3) is 5.91 Å². The number of amides is 1. The summed E-state index contributed by atoms with van der Waals surface area (Å²) in [5.41, 5.74) is 2.63. The number of aryl methyl sites for hydroxylation is 1. The first-order valence-electron chi connectivity index (χ1n) is 4.56. The molecule has 3 nitrogen and oxygen atoms in total. The van der Waals surface area contributed by atoms with Crippen LogP contribution in [0, 0.1) is 6.92 Å². The third kappa shape index (κ3) is 2.22. The number of hydrogen-bond acceptors (Lipinski definition) is 2. The smallest absolute Gasteiger partial charge is 0.273 e. The molecule has 1 fully saturated rings. The van der Waals surface area contributed by atoms with Crippen LogP contribution in [0.2, 0.25) is 0 Å². The second-order valence-corrected chi connectivity index (χ2v) is 3.79. The van der Waals surface area contributed by atoms with Gasteiger partial charge in [0.05, 0.1) is 0 Å². The van der Waals surface area contributed by atoms with Crippen LogP contribution in [0.25, 0.3) is 6.08 Å². The topological polar surface area (TPSA) is 41.1 Å². The monoisotopic (exact) mass is 218 g/mol. The highest BCUT2D eigenvalue weighted by Gasteiger charge is 2.19. The maximum Gasteiger partial charge on any atom is 0.273 e. The molecule has 76 valence electrons. The quantitative estimate of drug-likeness (QED) is 0.552. The molecule has 1 saturated heterocycles. The first-order valence-corrected chi connectivity index (χ1v) is 4.97. The third-order valence-electron chi connectivity index (χ3n) is 2.07. The van der Waals surface area contributed by atoms with Gasteiger partial charge in [-0.2, -0.15) is 0 Å². The number of rotatable bonds is 1. The SMILES string of the molecule is Cc1cccc(/C=C2/NC(=S)NC2=O)c1. The summed E-state index contributed by atoms with van der Waals surface area (Å²) in [5.74, 6) is -0.179. The molecule has 0 bridgehead atoms. The molecule has 1 amide bonds. The van der Waals surface area contributed by atoms with E-state index in [1.165, 1.54) is 0 Å². The van der Waals surface area contributed by atoms with Crippen LogP contribution in [0.15, 0.2) is 30.0 Å². The summed E-state index contributed by atoms with van der Waals surface area (Å²) in [4.78, 5) is 11.3. The Hall–Kier alpha value is -1.68. The van der Waals surface area contributed by atoms with Crippen molar-refractivity contribution in [2.24, 2.45) is 0 Å². The Kier molecular flexibility index (Phi) is 2.51. The molecular weight excluding hydrogens is 208 g/mol. The number of carbonyl (C=O) groups excluding carboxylic acids is 1. The Bertz CT molecular complexity index is 465. The first-order chi connectivity index (χ1) is 7.15. The number of hydrogen-bond donors (Lipinski definition) is 2. The number of carbonyl (C=O) groups is 1. The average Bonchev–Trinajstić information content (AvgIpc) is 2.45. The van der Waals surface area contributed by atoms with Gasteiger partial charge in [-0.25, -0.2) is 0 Å². The Balaban J connectivity index is 2.31.